The monoisotopic (exact) mass is 406 g/mol. The summed E-state index contributed by atoms with van der Waals surface area (Å²) in [4.78, 5) is 39.4. The molecule has 0 fully saturated rings. The van der Waals surface area contributed by atoms with Gasteiger partial charge < -0.3 is 24.2 Å². The van der Waals surface area contributed by atoms with Crippen molar-refractivity contribution in [3.63, 3.8) is 0 Å². The van der Waals surface area contributed by atoms with Crippen molar-refractivity contribution in [2.24, 2.45) is 5.92 Å². The summed E-state index contributed by atoms with van der Waals surface area (Å²) in [6, 6.07) is 2.41. The van der Waals surface area contributed by atoms with Crippen LogP contribution in [0.15, 0.2) is 18.3 Å². The first-order valence-corrected chi connectivity index (χ1v) is 9.00. The van der Waals surface area contributed by atoms with Crippen molar-refractivity contribution in [3.05, 3.63) is 23.9 Å². The molecule has 29 heavy (non-hydrogen) atoms. The first kappa shape index (κ1) is 22.1. The summed E-state index contributed by atoms with van der Waals surface area (Å²) in [5.74, 6) is -1.14. The van der Waals surface area contributed by atoms with Gasteiger partial charge in [0.05, 0.1) is 27.0 Å². The summed E-state index contributed by atoms with van der Waals surface area (Å²) in [5, 5.41) is 9.36. The maximum atomic E-state index is 13.2. The first-order valence-electron chi connectivity index (χ1n) is 9.00. The molecule has 0 spiro atoms. The second kappa shape index (κ2) is 8.85. The lowest BCUT2D eigenvalue weighted by molar-refractivity contribution is -0.148. The first-order chi connectivity index (χ1) is 13.7. The van der Waals surface area contributed by atoms with Crippen molar-refractivity contribution in [1.82, 2.24) is 9.80 Å². The maximum Gasteiger partial charge on any atom is 0.323 e. The van der Waals surface area contributed by atoms with Crippen molar-refractivity contribution in [1.29, 1.82) is 0 Å². The van der Waals surface area contributed by atoms with Gasteiger partial charge in [0.1, 0.15) is 12.6 Å². The van der Waals surface area contributed by atoms with Crippen molar-refractivity contribution < 1.29 is 33.7 Å². The molecule has 1 unspecified atom stereocenters. The van der Waals surface area contributed by atoms with Crippen molar-refractivity contribution in [3.8, 4) is 17.2 Å². The number of rotatable bonds is 7. The highest BCUT2D eigenvalue weighted by Crippen LogP contribution is 2.41. The Balaban J connectivity index is 2.74. The molecule has 0 aromatic heterocycles. The maximum absolute atomic E-state index is 13.2. The lowest BCUT2D eigenvalue weighted by atomic mass is 9.97. The number of aliphatic carboxylic acids is 1. The third kappa shape index (κ3) is 4.28. The van der Waals surface area contributed by atoms with E-state index in [9.17, 15) is 19.5 Å². The summed E-state index contributed by atoms with van der Waals surface area (Å²) < 4.78 is 16.0. The highest BCUT2D eigenvalue weighted by atomic mass is 16.5. The Morgan fingerprint density at radius 3 is 2.03 bits per heavy atom. The Kier molecular flexibility index (Phi) is 6.73. The van der Waals surface area contributed by atoms with E-state index in [-0.39, 0.29) is 17.5 Å². The molecule has 1 heterocycles. The highest BCUT2D eigenvalue weighted by Gasteiger charge is 2.40. The van der Waals surface area contributed by atoms with Crippen LogP contribution in [0.4, 0.5) is 0 Å². The van der Waals surface area contributed by atoms with Crippen LogP contribution in [0.3, 0.4) is 0 Å². The SMILES string of the molecule is COc1cc(C2=CN(C(C)=O)C(C(C)C)C(=O)N2CC(=O)O)cc(OC)c1OC. The van der Waals surface area contributed by atoms with Crippen LogP contribution in [0.2, 0.25) is 0 Å². The standard InChI is InChI=1S/C20H26N2O7/c1-11(2)18-20(26)22(10-17(24)25)14(9-21(18)12(3)23)13-7-15(27-4)19(29-6)16(8-13)28-5/h7-9,11,18H,10H2,1-6H3,(H,24,25). The highest BCUT2D eigenvalue weighted by molar-refractivity contribution is 5.99. The minimum absolute atomic E-state index is 0.208. The molecule has 1 aliphatic heterocycles. The minimum Gasteiger partial charge on any atom is -0.493 e. The number of carboxylic acid groups (broad SMARTS) is 1. The fraction of sp³-hybridized carbons (Fsp3) is 0.450. The Morgan fingerprint density at radius 2 is 1.66 bits per heavy atom. The minimum atomic E-state index is -1.17. The molecular formula is C20H26N2O7. The van der Waals surface area contributed by atoms with Crippen LogP contribution >= 0.6 is 0 Å². The Bertz CT molecular complexity index is 822. The summed E-state index contributed by atoms with van der Waals surface area (Å²) in [7, 11) is 4.37. The zero-order chi connectivity index (χ0) is 21.9. The molecule has 0 radical (unpaired) electrons. The zero-order valence-electron chi connectivity index (χ0n) is 17.4. The number of hydrogen-bond acceptors (Lipinski definition) is 6. The quantitative estimate of drug-likeness (QED) is 0.736. The van der Waals surface area contributed by atoms with E-state index in [1.54, 1.807) is 26.0 Å². The van der Waals surface area contributed by atoms with Crippen LogP contribution < -0.4 is 14.2 Å². The van der Waals surface area contributed by atoms with Gasteiger partial charge in [-0.25, -0.2) is 0 Å². The normalized spacial score (nSPS) is 16.6. The smallest absolute Gasteiger partial charge is 0.323 e. The van der Waals surface area contributed by atoms with E-state index in [1.165, 1.54) is 39.4 Å². The van der Waals surface area contributed by atoms with Crippen LogP contribution in [0.1, 0.15) is 26.3 Å². The topological polar surface area (TPSA) is 106 Å². The molecule has 9 nitrogen and oxygen atoms in total. The summed E-state index contributed by atoms with van der Waals surface area (Å²) in [5.41, 5.74) is 0.700. The van der Waals surface area contributed by atoms with Crippen LogP contribution in [0.25, 0.3) is 5.70 Å². The number of carbonyl (C=O) groups is 3. The molecule has 158 valence electrons. The van der Waals surface area contributed by atoms with Gasteiger partial charge in [-0.05, 0) is 18.1 Å². The van der Waals surface area contributed by atoms with E-state index < -0.39 is 24.5 Å². The fourth-order valence-electron chi connectivity index (χ4n) is 3.33. The Morgan fingerprint density at radius 1 is 1.10 bits per heavy atom. The second-order valence-corrected chi connectivity index (χ2v) is 6.86. The van der Waals surface area contributed by atoms with Gasteiger partial charge in [0.2, 0.25) is 11.7 Å². The number of ether oxygens (including phenoxy) is 3. The van der Waals surface area contributed by atoms with Gasteiger partial charge in [-0.1, -0.05) is 13.8 Å². The van der Waals surface area contributed by atoms with Gasteiger partial charge in [0.15, 0.2) is 11.5 Å². The van der Waals surface area contributed by atoms with Crippen LogP contribution in [-0.2, 0) is 14.4 Å². The largest absolute Gasteiger partial charge is 0.493 e. The van der Waals surface area contributed by atoms with Gasteiger partial charge in [-0.15, -0.1) is 0 Å². The third-order valence-corrected chi connectivity index (χ3v) is 4.62. The summed E-state index contributed by atoms with van der Waals surface area (Å²) >= 11 is 0. The summed E-state index contributed by atoms with van der Waals surface area (Å²) in [6.07, 6.45) is 1.50. The number of amides is 2. The molecule has 9 heteroatoms. The van der Waals surface area contributed by atoms with E-state index in [1.807, 2.05) is 0 Å². The number of carboxylic acids is 1. The Hall–Kier alpha value is -3.23. The number of benzene rings is 1. The van der Waals surface area contributed by atoms with Gasteiger partial charge in [0.25, 0.3) is 5.91 Å². The van der Waals surface area contributed by atoms with Gasteiger partial charge in [-0.2, -0.15) is 0 Å². The molecule has 0 bridgehead atoms. The average Bonchev–Trinajstić information content (AvgIpc) is 2.66. The molecular weight excluding hydrogens is 380 g/mol. The van der Waals surface area contributed by atoms with E-state index in [2.05, 4.69) is 0 Å². The number of hydrogen-bond donors (Lipinski definition) is 1. The van der Waals surface area contributed by atoms with Crippen molar-refractivity contribution in [2.45, 2.75) is 26.8 Å². The number of nitrogens with zero attached hydrogens (tertiary/aromatic N) is 2. The molecule has 1 aliphatic rings. The molecule has 1 N–H and O–H groups in total. The molecule has 1 aromatic carbocycles. The molecule has 1 aromatic rings. The number of methoxy groups -OCH3 is 3. The van der Waals surface area contributed by atoms with Crippen LogP contribution in [0, 0.1) is 5.92 Å². The molecule has 2 amide bonds. The Labute approximate surface area is 169 Å². The predicted molar refractivity (Wildman–Crippen MR) is 105 cm³/mol. The molecule has 0 saturated heterocycles. The van der Waals surface area contributed by atoms with Crippen molar-refractivity contribution in [2.75, 3.05) is 27.9 Å². The van der Waals surface area contributed by atoms with Crippen molar-refractivity contribution >= 4 is 23.5 Å². The van der Waals surface area contributed by atoms with E-state index in [0.29, 0.717) is 22.8 Å². The summed E-state index contributed by atoms with van der Waals surface area (Å²) in [6.45, 7) is 4.42. The second-order valence-electron chi connectivity index (χ2n) is 6.86. The lowest BCUT2D eigenvalue weighted by Gasteiger charge is -2.40. The fourth-order valence-corrected chi connectivity index (χ4v) is 3.33. The van der Waals surface area contributed by atoms with Crippen LogP contribution in [-0.4, -0.2) is 66.6 Å². The molecule has 1 atom stereocenters. The third-order valence-electron chi connectivity index (χ3n) is 4.62. The average molecular weight is 406 g/mol. The van der Waals surface area contributed by atoms with E-state index in [4.69, 9.17) is 14.2 Å². The predicted octanol–water partition coefficient (Wildman–Crippen LogP) is 1.81. The molecule has 2 rings (SSSR count). The van der Waals surface area contributed by atoms with Gasteiger partial charge >= 0.3 is 5.97 Å². The zero-order valence-corrected chi connectivity index (χ0v) is 17.4. The molecule has 0 saturated carbocycles. The van der Waals surface area contributed by atoms with Gasteiger partial charge in [0, 0.05) is 18.7 Å². The van der Waals surface area contributed by atoms with E-state index in [0.717, 1.165) is 4.90 Å². The number of carbonyl (C=O) groups excluding carboxylic acids is 2. The molecule has 0 aliphatic carbocycles. The van der Waals surface area contributed by atoms with Crippen LogP contribution in [0.5, 0.6) is 17.2 Å². The van der Waals surface area contributed by atoms with Gasteiger partial charge in [-0.3, -0.25) is 19.3 Å². The lowest BCUT2D eigenvalue weighted by Crippen LogP contribution is -2.55. The van der Waals surface area contributed by atoms with E-state index >= 15 is 0 Å².